The normalized spacial score (nSPS) is 14.7. The van der Waals surface area contributed by atoms with Crippen molar-refractivity contribution in [3.05, 3.63) is 24.0 Å². The summed E-state index contributed by atoms with van der Waals surface area (Å²) in [5.41, 5.74) is 1.51. The fourth-order valence-corrected chi connectivity index (χ4v) is 2.04. The molecule has 4 heteroatoms. The zero-order valence-corrected chi connectivity index (χ0v) is 11.3. The fourth-order valence-electron chi connectivity index (χ4n) is 2.04. The van der Waals surface area contributed by atoms with Crippen LogP contribution < -0.4 is 5.32 Å². The van der Waals surface area contributed by atoms with E-state index in [-0.39, 0.29) is 11.9 Å². The molecular weight excluding hydrogens is 226 g/mol. The first-order valence-corrected chi connectivity index (χ1v) is 6.56. The predicted molar refractivity (Wildman–Crippen MR) is 72.7 cm³/mol. The van der Waals surface area contributed by atoms with Gasteiger partial charge in [-0.2, -0.15) is 0 Å². The molecule has 0 bridgehead atoms. The van der Waals surface area contributed by atoms with E-state index in [0.717, 1.165) is 12.2 Å². The molecule has 1 aromatic rings. The number of hydrogen-bond acceptors (Lipinski definition) is 3. The van der Waals surface area contributed by atoms with Gasteiger partial charge in [-0.05, 0) is 38.7 Å². The molecule has 0 saturated heterocycles. The van der Waals surface area contributed by atoms with Gasteiger partial charge in [0.05, 0.1) is 5.56 Å². The highest BCUT2D eigenvalue weighted by Crippen LogP contribution is 2.31. The van der Waals surface area contributed by atoms with Crippen molar-refractivity contribution < 1.29 is 4.79 Å². The first-order valence-electron chi connectivity index (χ1n) is 6.56. The van der Waals surface area contributed by atoms with Gasteiger partial charge in [0, 0.05) is 37.7 Å². The number of amides is 1. The van der Waals surface area contributed by atoms with Crippen molar-refractivity contribution in [3.63, 3.8) is 0 Å². The zero-order valence-electron chi connectivity index (χ0n) is 11.3. The maximum Gasteiger partial charge on any atom is 0.257 e. The Bertz CT molecular complexity index is 427. The van der Waals surface area contributed by atoms with Crippen LogP contribution in [0.15, 0.2) is 18.5 Å². The summed E-state index contributed by atoms with van der Waals surface area (Å²) in [6.07, 6.45) is 5.85. The Kier molecular flexibility index (Phi) is 3.84. The minimum Gasteiger partial charge on any atom is -0.387 e. The first-order chi connectivity index (χ1) is 8.63. The lowest BCUT2D eigenvalue weighted by molar-refractivity contribution is 0.0697. The van der Waals surface area contributed by atoms with E-state index in [0.29, 0.717) is 11.5 Å². The van der Waals surface area contributed by atoms with Crippen LogP contribution in [0.25, 0.3) is 0 Å². The molecule has 0 spiro atoms. The molecule has 1 aliphatic rings. The van der Waals surface area contributed by atoms with E-state index in [9.17, 15) is 4.79 Å². The maximum atomic E-state index is 12.6. The third kappa shape index (κ3) is 2.81. The average molecular weight is 247 g/mol. The van der Waals surface area contributed by atoms with Crippen molar-refractivity contribution in [1.82, 2.24) is 9.88 Å². The van der Waals surface area contributed by atoms with Gasteiger partial charge >= 0.3 is 0 Å². The lowest BCUT2D eigenvalue weighted by atomic mass is 10.1. The Labute approximate surface area is 108 Å². The van der Waals surface area contributed by atoms with Gasteiger partial charge in [-0.25, -0.2) is 0 Å². The lowest BCUT2D eigenvalue weighted by Crippen LogP contribution is -2.38. The third-order valence-corrected chi connectivity index (χ3v) is 3.36. The van der Waals surface area contributed by atoms with Crippen LogP contribution in [0, 0.1) is 5.92 Å². The van der Waals surface area contributed by atoms with Crippen molar-refractivity contribution in [3.8, 4) is 0 Å². The molecule has 1 heterocycles. The molecule has 0 aliphatic heterocycles. The van der Waals surface area contributed by atoms with E-state index in [2.05, 4.69) is 24.1 Å². The van der Waals surface area contributed by atoms with Crippen LogP contribution in [0.3, 0.4) is 0 Å². The summed E-state index contributed by atoms with van der Waals surface area (Å²) in [6, 6.07) is 2.06. The monoisotopic (exact) mass is 247 g/mol. The highest BCUT2D eigenvalue weighted by atomic mass is 16.2. The van der Waals surface area contributed by atoms with Crippen LogP contribution in [0.1, 0.15) is 37.0 Å². The number of carbonyl (C=O) groups is 1. The number of carbonyl (C=O) groups excluding carboxylic acids is 1. The number of aromatic nitrogens is 1. The van der Waals surface area contributed by atoms with Gasteiger partial charge in [0.2, 0.25) is 0 Å². The Morgan fingerprint density at radius 2 is 2.28 bits per heavy atom. The van der Waals surface area contributed by atoms with Gasteiger partial charge in [0.25, 0.3) is 5.91 Å². The van der Waals surface area contributed by atoms with Crippen LogP contribution in [-0.4, -0.2) is 35.4 Å². The lowest BCUT2D eigenvalue weighted by Gasteiger charge is -2.27. The molecular formula is C14H21N3O. The SMILES string of the molecule is CNc1ccncc1C(=O)N(CC1CC1)C(C)C. The molecule has 4 nitrogen and oxygen atoms in total. The van der Waals surface area contributed by atoms with E-state index in [1.54, 1.807) is 12.4 Å². The highest BCUT2D eigenvalue weighted by Gasteiger charge is 2.29. The van der Waals surface area contributed by atoms with Crippen molar-refractivity contribution in [2.24, 2.45) is 5.92 Å². The van der Waals surface area contributed by atoms with Gasteiger partial charge in [0.15, 0.2) is 0 Å². The van der Waals surface area contributed by atoms with E-state index < -0.39 is 0 Å². The topological polar surface area (TPSA) is 45.2 Å². The summed E-state index contributed by atoms with van der Waals surface area (Å²) in [5, 5.41) is 3.05. The minimum absolute atomic E-state index is 0.0781. The number of rotatable bonds is 5. The fraction of sp³-hybridized carbons (Fsp3) is 0.571. The summed E-state index contributed by atoms with van der Waals surface area (Å²) in [7, 11) is 1.83. The van der Waals surface area contributed by atoms with E-state index in [1.165, 1.54) is 12.8 Å². The number of pyridine rings is 1. The Morgan fingerprint density at radius 3 is 2.83 bits per heavy atom. The zero-order chi connectivity index (χ0) is 13.1. The van der Waals surface area contributed by atoms with Crippen molar-refractivity contribution >= 4 is 11.6 Å². The number of nitrogens with one attached hydrogen (secondary N) is 1. The average Bonchev–Trinajstić information content (AvgIpc) is 3.18. The second-order valence-corrected chi connectivity index (χ2v) is 5.17. The second kappa shape index (κ2) is 5.38. The first kappa shape index (κ1) is 12.9. The quantitative estimate of drug-likeness (QED) is 0.869. The highest BCUT2D eigenvalue weighted by molar-refractivity contribution is 5.99. The molecule has 0 aromatic carbocycles. The molecule has 1 aromatic heterocycles. The maximum absolute atomic E-state index is 12.6. The molecule has 0 unspecified atom stereocenters. The number of nitrogens with zero attached hydrogens (tertiary/aromatic N) is 2. The summed E-state index contributed by atoms with van der Waals surface area (Å²) in [6.45, 7) is 5.00. The van der Waals surface area contributed by atoms with Gasteiger partial charge in [-0.1, -0.05) is 0 Å². The van der Waals surface area contributed by atoms with Crippen LogP contribution in [-0.2, 0) is 0 Å². The van der Waals surface area contributed by atoms with Gasteiger partial charge in [-0.3, -0.25) is 9.78 Å². The molecule has 1 aliphatic carbocycles. The van der Waals surface area contributed by atoms with Crippen molar-refractivity contribution in [2.75, 3.05) is 18.9 Å². The van der Waals surface area contributed by atoms with Gasteiger partial charge in [-0.15, -0.1) is 0 Å². The largest absolute Gasteiger partial charge is 0.387 e. The summed E-state index contributed by atoms with van der Waals surface area (Å²) < 4.78 is 0. The summed E-state index contributed by atoms with van der Waals surface area (Å²) in [5.74, 6) is 0.778. The van der Waals surface area contributed by atoms with Crippen LogP contribution in [0.4, 0.5) is 5.69 Å². The van der Waals surface area contributed by atoms with E-state index in [1.807, 2.05) is 18.0 Å². The standard InChI is InChI=1S/C14H21N3O/c1-10(2)17(9-11-4-5-11)14(18)12-8-16-7-6-13(12)15-3/h6-8,10-11H,4-5,9H2,1-3H3,(H,15,16). The van der Waals surface area contributed by atoms with Crippen LogP contribution in [0.5, 0.6) is 0 Å². The predicted octanol–water partition coefficient (Wildman–Crippen LogP) is 2.38. The van der Waals surface area contributed by atoms with Crippen LogP contribution in [0.2, 0.25) is 0 Å². The van der Waals surface area contributed by atoms with Gasteiger partial charge < -0.3 is 10.2 Å². The Balaban J connectivity index is 2.20. The third-order valence-electron chi connectivity index (χ3n) is 3.36. The number of anilines is 1. The Hall–Kier alpha value is -1.58. The molecule has 2 rings (SSSR count). The molecule has 0 atom stereocenters. The van der Waals surface area contributed by atoms with Crippen molar-refractivity contribution in [2.45, 2.75) is 32.7 Å². The summed E-state index contributed by atoms with van der Waals surface area (Å²) >= 11 is 0. The molecule has 0 radical (unpaired) electrons. The Morgan fingerprint density at radius 1 is 1.56 bits per heavy atom. The smallest absolute Gasteiger partial charge is 0.257 e. The molecule has 1 amide bonds. The summed E-state index contributed by atoms with van der Waals surface area (Å²) in [4.78, 5) is 18.6. The van der Waals surface area contributed by atoms with Gasteiger partial charge in [0.1, 0.15) is 0 Å². The second-order valence-electron chi connectivity index (χ2n) is 5.17. The molecule has 1 fully saturated rings. The van der Waals surface area contributed by atoms with Crippen molar-refractivity contribution in [1.29, 1.82) is 0 Å². The van der Waals surface area contributed by atoms with Crippen LogP contribution >= 0.6 is 0 Å². The molecule has 1 N–H and O–H groups in total. The molecule has 1 saturated carbocycles. The minimum atomic E-state index is 0.0781. The molecule has 98 valence electrons. The molecule has 18 heavy (non-hydrogen) atoms. The van der Waals surface area contributed by atoms with E-state index >= 15 is 0 Å². The van der Waals surface area contributed by atoms with E-state index in [4.69, 9.17) is 0 Å². The number of hydrogen-bond donors (Lipinski definition) is 1.